The zero-order chi connectivity index (χ0) is 16.1. The molecule has 0 amide bonds. The van der Waals surface area contributed by atoms with Gasteiger partial charge in [0.2, 0.25) is 0 Å². The van der Waals surface area contributed by atoms with Crippen molar-refractivity contribution in [1.29, 1.82) is 0 Å². The molecule has 1 aromatic carbocycles. The number of rotatable bonds is 4. The van der Waals surface area contributed by atoms with Gasteiger partial charge in [0.1, 0.15) is 10.6 Å². The summed E-state index contributed by atoms with van der Waals surface area (Å²) < 4.78 is 5.17. The Morgan fingerprint density at radius 3 is 2.64 bits per heavy atom. The van der Waals surface area contributed by atoms with E-state index in [0.717, 1.165) is 11.1 Å². The van der Waals surface area contributed by atoms with Crippen molar-refractivity contribution < 1.29 is 9.53 Å². The van der Waals surface area contributed by atoms with E-state index in [2.05, 4.69) is 10.6 Å². The van der Waals surface area contributed by atoms with E-state index in [4.69, 9.17) is 28.6 Å². The molecule has 2 N–H and O–H groups in total. The standard InChI is InChI=1S/C15H15ClN2O2S2/c1-3-20-14(19)12-11(9-4-6-10(16)7-5-9)8-22-13(12)18-15(21)17-2/h4-8H,3H2,1-2H3,(H2,17,18,21). The van der Waals surface area contributed by atoms with Gasteiger partial charge in [-0.15, -0.1) is 11.3 Å². The number of thiophene rings is 1. The molecule has 4 nitrogen and oxygen atoms in total. The van der Waals surface area contributed by atoms with Crippen molar-refractivity contribution in [2.24, 2.45) is 0 Å². The Morgan fingerprint density at radius 2 is 2.05 bits per heavy atom. The quantitative estimate of drug-likeness (QED) is 0.637. The molecule has 0 saturated heterocycles. The zero-order valence-electron chi connectivity index (χ0n) is 12.1. The molecule has 22 heavy (non-hydrogen) atoms. The molecule has 0 aliphatic carbocycles. The smallest absolute Gasteiger partial charge is 0.341 e. The first-order valence-electron chi connectivity index (χ1n) is 6.60. The lowest BCUT2D eigenvalue weighted by molar-refractivity contribution is 0.0529. The van der Waals surface area contributed by atoms with Crippen LogP contribution in [-0.2, 0) is 4.74 Å². The maximum absolute atomic E-state index is 12.3. The van der Waals surface area contributed by atoms with E-state index in [1.165, 1.54) is 11.3 Å². The largest absolute Gasteiger partial charge is 0.462 e. The fraction of sp³-hybridized carbons (Fsp3) is 0.200. The Hall–Kier alpha value is -1.63. The maximum atomic E-state index is 12.3. The van der Waals surface area contributed by atoms with Crippen molar-refractivity contribution in [3.8, 4) is 11.1 Å². The van der Waals surface area contributed by atoms with E-state index in [1.54, 1.807) is 26.1 Å². The number of esters is 1. The maximum Gasteiger partial charge on any atom is 0.341 e. The van der Waals surface area contributed by atoms with Crippen molar-refractivity contribution in [1.82, 2.24) is 5.32 Å². The van der Waals surface area contributed by atoms with Crippen molar-refractivity contribution in [3.63, 3.8) is 0 Å². The molecule has 0 radical (unpaired) electrons. The molecular weight excluding hydrogens is 340 g/mol. The highest BCUT2D eigenvalue weighted by molar-refractivity contribution is 7.80. The second-order valence-electron chi connectivity index (χ2n) is 4.28. The minimum atomic E-state index is -0.380. The van der Waals surface area contributed by atoms with Crippen molar-refractivity contribution >= 4 is 51.2 Å². The summed E-state index contributed by atoms with van der Waals surface area (Å²) in [6.07, 6.45) is 0. The average molecular weight is 355 g/mol. The van der Waals surface area contributed by atoms with Gasteiger partial charge in [-0.2, -0.15) is 0 Å². The lowest BCUT2D eigenvalue weighted by Crippen LogP contribution is -2.24. The second kappa shape index (κ2) is 7.58. The van der Waals surface area contributed by atoms with Crippen LogP contribution in [-0.4, -0.2) is 24.7 Å². The summed E-state index contributed by atoms with van der Waals surface area (Å²) in [6.45, 7) is 2.09. The van der Waals surface area contributed by atoms with Crippen molar-refractivity contribution in [2.75, 3.05) is 19.0 Å². The minimum absolute atomic E-state index is 0.310. The van der Waals surface area contributed by atoms with Gasteiger partial charge >= 0.3 is 5.97 Å². The van der Waals surface area contributed by atoms with Crippen molar-refractivity contribution in [3.05, 3.63) is 40.2 Å². The third-order valence-corrected chi connectivity index (χ3v) is 4.33. The number of thiocarbonyl (C=S) groups is 1. The lowest BCUT2D eigenvalue weighted by Gasteiger charge is -2.09. The van der Waals surface area contributed by atoms with E-state index in [-0.39, 0.29) is 5.97 Å². The number of hydrogen-bond donors (Lipinski definition) is 2. The number of carbonyl (C=O) groups is 1. The molecule has 0 saturated carbocycles. The topological polar surface area (TPSA) is 50.4 Å². The molecule has 0 fully saturated rings. The molecule has 0 spiro atoms. The van der Waals surface area contributed by atoms with Crippen LogP contribution in [0.4, 0.5) is 5.00 Å². The van der Waals surface area contributed by atoms with Crippen LogP contribution < -0.4 is 10.6 Å². The number of nitrogens with one attached hydrogen (secondary N) is 2. The average Bonchev–Trinajstić information content (AvgIpc) is 2.91. The fourth-order valence-corrected chi connectivity index (χ4v) is 3.12. The van der Waals surface area contributed by atoms with Crippen LogP contribution in [0.25, 0.3) is 11.1 Å². The van der Waals surface area contributed by atoms with Gasteiger partial charge in [0.25, 0.3) is 0 Å². The van der Waals surface area contributed by atoms with Gasteiger partial charge in [0.15, 0.2) is 5.11 Å². The summed E-state index contributed by atoms with van der Waals surface area (Å²) in [5.74, 6) is -0.380. The Labute approximate surface area is 143 Å². The van der Waals surface area contributed by atoms with Crippen LogP contribution in [0.5, 0.6) is 0 Å². The SMILES string of the molecule is CCOC(=O)c1c(-c2ccc(Cl)cc2)csc1NC(=S)NC. The van der Waals surface area contributed by atoms with E-state index in [1.807, 2.05) is 17.5 Å². The van der Waals surface area contributed by atoms with Gasteiger partial charge in [-0.3, -0.25) is 0 Å². The Bertz CT molecular complexity index is 683. The zero-order valence-corrected chi connectivity index (χ0v) is 14.5. The minimum Gasteiger partial charge on any atom is -0.462 e. The summed E-state index contributed by atoms with van der Waals surface area (Å²) >= 11 is 12.4. The van der Waals surface area contributed by atoms with Crippen LogP contribution in [0, 0.1) is 0 Å². The Balaban J connectivity index is 2.47. The summed E-state index contributed by atoms with van der Waals surface area (Å²) in [7, 11) is 1.72. The molecule has 0 aliphatic heterocycles. The highest BCUT2D eigenvalue weighted by Gasteiger charge is 2.21. The molecule has 7 heteroatoms. The van der Waals surface area contributed by atoms with Gasteiger partial charge in [0, 0.05) is 23.0 Å². The van der Waals surface area contributed by atoms with Gasteiger partial charge in [-0.05, 0) is 36.8 Å². The van der Waals surface area contributed by atoms with Crippen LogP contribution in [0.1, 0.15) is 17.3 Å². The predicted octanol–water partition coefficient (Wildman–Crippen LogP) is 4.16. The van der Waals surface area contributed by atoms with Crippen LogP contribution in [0.3, 0.4) is 0 Å². The van der Waals surface area contributed by atoms with Crippen molar-refractivity contribution in [2.45, 2.75) is 6.92 Å². The van der Waals surface area contributed by atoms with E-state index in [9.17, 15) is 4.79 Å². The van der Waals surface area contributed by atoms with E-state index >= 15 is 0 Å². The normalized spacial score (nSPS) is 10.1. The fourth-order valence-electron chi connectivity index (χ4n) is 1.86. The summed E-state index contributed by atoms with van der Waals surface area (Å²) in [5.41, 5.74) is 2.17. The molecule has 1 heterocycles. The number of hydrogen-bond acceptors (Lipinski definition) is 4. The monoisotopic (exact) mass is 354 g/mol. The molecular formula is C15H15ClN2O2S2. The summed E-state index contributed by atoms with van der Waals surface area (Å²) in [6, 6.07) is 7.31. The summed E-state index contributed by atoms with van der Waals surface area (Å²) in [5, 5.41) is 9.48. The van der Waals surface area contributed by atoms with Gasteiger partial charge in [-0.1, -0.05) is 23.7 Å². The predicted molar refractivity (Wildman–Crippen MR) is 96.0 cm³/mol. The highest BCUT2D eigenvalue weighted by Crippen LogP contribution is 2.36. The van der Waals surface area contributed by atoms with Gasteiger partial charge in [-0.25, -0.2) is 4.79 Å². The van der Waals surface area contributed by atoms with E-state index < -0.39 is 0 Å². The van der Waals surface area contributed by atoms with E-state index in [0.29, 0.717) is 27.3 Å². The Morgan fingerprint density at radius 1 is 1.36 bits per heavy atom. The number of benzene rings is 1. The Kier molecular flexibility index (Phi) is 5.76. The first-order valence-corrected chi connectivity index (χ1v) is 8.26. The number of ether oxygens (including phenoxy) is 1. The molecule has 116 valence electrons. The first-order chi connectivity index (χ1) is 10.6. The van der Waals surface area contributed by atoms with Gasteiger partial charge < -0.3 is 15.4 Å². The number of halogens is 1. The second-order valence-corrected chi connectivity index (χ2v) is 6.01. The van der Waals surface area contributed by atoms with Crippen LogP contribution in [0.2, 0.25) is 5.02 Å². The van der Waals surface area contributed by atoms with Crippen LogP contribution in [0.15, 0.2) is 29.6 Å². The molecule has 0 unspecified atom stereocenters. The third-order valence-electron chi connectivity index (χ3n) is 2.88. The highest BCUT2D eigenvalue weighted by atomic mass is 35.5. The number of anilines is 1. The molecule has 0 bridgehead atoms. The summed E-state index contributed by atoms with van der Waals surface area (Å²) in [4.78, 5) is 12.3. The molecule has 1 aromatic heterocycles. The number of carbonyl (C=O) groups excluding carboxylic acids is 1. The van der Waals surface area contributed by atoms with Gasteiger partial charge in [0.05, 0.1) is 6.61 Å². The molecule has 2 rings (SSSR count). The third kappa shape index (κ3) is 3.76. The first kappa shape index (κ1) is 16.7. The molecule has 0 aliphatic rings. The van der Waals surface area contributed by atoms with Crippen LogP contribution >= 0.6 is 35.2 Å². The molecule has 0 atom stereocenters. The lowest BCUT2D eigenvalue weighted by atomic mass is 10.0. The molecule has 2 aromatic rings.